The number of hydrogen-bond acceptors (Lipinski definition) is 3. The second-order valence-corrected chi connectivity index (χ2v) is 5.12. The maximum Gasteiger partial charge on any atom is 0.258 e. The maximum absolute atomic E-state index is 13.2. The summed E-state index contributed by atoms with van der Waals surface area (Å²) in [6, 6.07) is 3.04. The number of nitrogens with zero attached hydrogens (tertiary/aromatic N) is 2. The number of halogens is 3. The van der Waals surface area contributed by atoms with E-state index in [2.05, 4.69) is 22.1 Å². The lowest BCUT2D eigenvalue weighted by Crippen LogP contribution is -2.13. The van der Waals surface area contributed by atoms with Crippen LogP contribution in [0.15, 0.2) is 24.8 Å². The molecular formula is C14H13ClF2N4O. The van der Waals surface area contributed by atoms with Gasteiger partial charge < -0.3 is 10.2 Å². The predicted molar refractivity (Wildman–Crippen MR) is 80.6 cm³/mol. The van der Waals surface area contributed by atoms with Crippen LogP contribution in [0.1, 0.15) is 16.1 Å². The Balaban J connectivity index is 2.19. The highest BCUT2D eigenvalue weighted by molar-refractivity contribution is 6.34. The molecule has 0 aliphatic rings. The van der Waals surface area contributed by atoms with Crippen molar-refractivity contribution in [3.05, 3.63) is 52.7 Å². The minimum absolute atomic E-state index is 0.184. The first kappa shape index (κ1) is 16.0. The third-order valence-electron chi connectivity index (χ3n) is 2.92. The Morgan fingerprint density at radius 1 is 1.32 bits per heavy atom. The predicted octanol–water partition coefficient (Wildman–Crippen LogP) is 3.13. The zero-order valence-corrected chi connectivity index (χ0v) is 12.6. The summed E-state index contributed by atoms with van der Waals surface area (Å²) < 4.78 is 26.2. The Morgan fingerprint density at radius 2 is 1.95 bits per heavy atom. The van der Waals surface area contributed by atoms with Crippen LogP contribution in [0.3, 0.4) is 0 Å². The van der Waals surface area contributed by atoms with E-state index in [0.29, 0.717) is 11.4 Å². The summed E-state index contributed by atoms with van der Waals surface area (Å²) in [6.07, 6.45) is 0. The van der Waals surface area contributed by atoms with Gasteiger partial charge in [-0.15, -0.1) is 0 Å². The van der Waals surface area contributed by atoms with Crippen molar-refractivity contribution in [2.75, 3.05) is 19.4 Å². The van der Waals surface area contributed by atoms with Crippen LogP contribution in [0.2, 0.25) is 5.02 Å². The molecule has 5 nitrogen and oxygen atoms in total. The highest BCUT2D eigenvalue weighted by Gasteiger charge is 2.16. The molecule has 0 aliphatic carbocycles. The van der Waals surface area contributed by atoms with Gasteiger partial charge in [0, 0.05) is 20.2 Å². The Hall–Kier alpha value is -2.41. The van der Waals surface area contributed by atoms with E-state index in [-0.39, 0.29) is 16.4 Å². The van der Waals surface area contributed by atoms with Crippen molar-refractivity contribution >= 4 is 29.0 Å². The monoisotopic (exact) mass is 326 g/mol. The number of benzene rings is 1. The van der Waals surface area contributed by atoms with Crippen LogP contribution in [0.25, 0.3) is 5.70 Å². The topological polar surface area (TPSA) is 61.0 Å². The van der Waals surface area contributed by atoms with Crippen molar-refractivity contribution in [1.29, 1.82) is 0 Å². The molecule has 0 atom stereocenters. The van der Waals surface area contributed by atoms with Crippen LogP contribution in [0.5, 0.6) is 0 Å². The van der Waals surface area contributed by atoms with Gasteiger partial charge in [-0.3, -0.25) is 9.89 Å². The fourth-order valence-corrected chi connectivity index (χ4v) is 1.89. The fourth-order valence-electron chi connectivity index (χ4n) is 1.65. The van der Waals surface area contributed by atoms with Gasteiger partial charge in [-0.2, -0.15) is 5.10 Å². The van der Waals surface area contributed by atoms with Gasteiger partial charge in [0.25, 0.3) is 5.91 Å². The second-order valence-electron chi connectivity index (χ2n) is 4.71. The molecule has 0 bridgehead atoms. The van der Waals surface area contributed by atoms with E-state index in [9.17, 15) is 13.6 Å². The summed E-state index contributed by atoms with van der Waals surface area (Å²) in [5.74, 6) is -2.76. The molecule has 1 heterocycles. The maximum atomic E-state index is 13.2. The number of nitrogens with one attached hydrogen (secondary N) is 2. The fraction of sp³-hybridized carbons (Fsp3) is 0.143. The first-order valence-corrected chi connectivity index (χ1v) is 6.55. The van der Waals surface area contributed by atoms with Crippen molar-refractivity contribution < 1.29 is 13.6 Å². The molecule has 2 N–H and O–H groups in total. The van der Waals surface area contributed by atoms with Crippen LogP contribution in [-0.2, 0) is 0 Å². The number of carbonyl (C=O) groups is 1. The number of aromatic nitrogens is 2. The third kappa shape index (κ3) is 3.25. The largest absolute Gasteiger partial charge is 0.376 e. The lowest BCUT2D eigenvalue weighted by Gasteiger charge is -2.12. The van der Waals surface area contributed by atoms with Crippen molar-refractivity contribution in [3.8, 4) is 0 Å². The molecule has 2 aromatic rings. The molecular weight excluding hydrogens is 314 g/mol. The molecule has 0 spiro atoms. The number of rotatable bonds is 4. The van der Waals surface area contributed by atoms with Gasteiger partial charge in [-0.05, 0) is 12.1 Å². The van der Waals surface area contributed by atoms with Gasteiger partial charge in [0.15, 0.2) is 17.5 Å². The van der Waals surface area contributed by atoms with E-state index in [4.69, 9.17) is 11.6 Å². The number of amides is 1. The SMILES string of the molecule is C=C(c1cc(NC(=O)c2cc(F)c(F)cc2Cl)n[nH]1)N(C)C. The molecule has 0 saturated carbocycles. The Bertz CT molecular complexity index is 742. The molecule has 22 heavy (non-hydrogen) atoms. The molecule has 116 valence electrons. The number of hydrogen-bond donors (Lipinski definition) is 2. The molecule has 1 amide bonds. The van der Waals surface area contributed by atoms with Gasteiger partial charge in [0.05, 0.1) is 22.0 Å². The highest BCUT2D eigenvalue weighted by Crippen LogP contribution is 2.22. The summed E-state index contributed by atoms with van der Waals surface area (Å²) in [4.78, 5) is 13.8. The quantitative estimate of drug-likeness (QED) is 0.849. The van der Waals surface area contributed by atoms with Crippen molar-refractivity contribution in [2.24, 2.45) is 0 Å². The Morgan fingerprint density at radius 3 is 2.59 bits per heavy atom. The summed E-state index contributed by atoms with van der Waals surface area (Å²) in [6.45, 7) is 3.84. The average Bonchev–Trinajstić information content (AvgIpc) is 2.90. The third-order valence-corrected chi connectivity index (χ3v) is 3.24. The minimum atomic E-state index is -1.15. The van der Waals surface area contributed by atoms with Crippen LogP contribution in [0, 0.1) is 11.6 Å². The number of aromatic amines is 1. The van der Waals surface area contributed by atoms with Gasteiger partial charge in [0.2, 0.25) is 0 Å². The van der Waals surface area contributed by atoms with E-state index in [1.54, 1.807) is 11.0 Å². The van der Waals surface area contributed by atoms with E-state index < -0.39 is 17.5 Å². The van der Waals surface area contributed by atoms with Crippen molar-refractivity contribution in [1.82, 2.24) is 15.1 Å². The zero-order chi connectivity index (χ0) is 16.4. The Kier molecular flexibility index (Phi) is 4.46. The molecule has 0 aliphatic heterocycles. The molecule has 0 unspecified atom stereocenters. The summed E-state index contributed by atoms with van der Waals surface area (Å²) >= 11 is 5.74. The van der Waals surface area contributed by atoms with Crippen molar-refractivity contribution in [2.45, 2.75) is 0 Å². The molecule has 0 radical (unpaired) electrons. The molecule has 8 heteroatoms. The van der Waals surface area contributed by atoms with Gasteiger partial charge in [-0.1, -0.05) is 18.2 Å². The first-order valence-electron chi connectivity index (χ1n) is 6.17. The smallest absolute Gasteiger partial charge is 0.258 e. The normalized spacial score (nSPS) is 10.4. The molecule has 2 rings (SSSR count). The minimum Gasteiger partial charge on any atom is -0.376 e. The van der Waals surface area contributed by atoms with E-state index in [1.807, 2.05) is 14.1 Å². The zero-order valence-electron chi connectivity index (χ0n) is 11.9. The van der Waals surface area contributed by atoms with Gasteiger partial charge in [0.1, 0.15) is 0 Å². The standard InChI is InChI=1S/C14H13ClF2N4O/c1-7(21(2)3)12-6-13(20-19-12)18-14(22)8-4-10(16)11(17)5-9(8)15/h4-6H,1H2,2-3H3,(H2,18,19,20,22). The Labute approximate surface area is 130 Å². The second kappa shape index (κ2) is 6.15. The molecule has 1 aromatic carbocycles. The first-order chi connectivity index (χ1) is 10.3. The highest BCUT2D eigenvalue weighted by atomic mass is 35.5. The van der Waals surface area contributed by atoms with Crippen molar-refractivity contribution in [3.63, 3.8) is 0 Å². The van der Waals surface area contributed by atoms with Gasteiger partial charge in [-0.25, -0.2) is 8.78 Å². The number of anilines is 1. The van der Waals surface area contributed by atoms with Crippen LogP contribution < -0.4 is 5.32 Å². The summed E-state index contributed by atoms with van der Waals surface area (Å²) in [7, 11) is 3.62. The molecule has 0 saturated heterocycles. The lowest BCUT2D eigenvalue weighted by atomic mass is 10.2. The van der Waals surface area contributed by atoms with E-state index >= 15 is 0 Å². The van der Waals surface area contributed by atoms with Gasteiger partial charge >= 0.3 is 0 Å². The lowest BCUT2D eigenvalue weighted by molar-refractivity contribution is 0.102. The average molecular weight is 327 g/mol. The number of H-pyrrole nitrogens is 1. The van der Waals surface area contributed by atoms with E-state index in [1.165, 1.54) is 0 Å². The molecule has 1 aromatic heterocycles. The van der Waals surface area contributed by atoms with E-state index in [0.717, 1.165) is 12.1 Å². The number of carbonyl (C=O) groups excluding carboxylic acids is 1. The van der Waals surface area contributed by atoms with Crippen LogP contribution in [0.4, 0.5) is 14.6 Å². The molecule has 0 fully saturated rings. The van der Waals surface area contributed by atoms with Crippen LogP contribution in [-0.4, -0.2) is 35.1 Å². The summed E-state index contributed by atoms with van der Waals surface area (Å²) in [5, 5.41) is 8.86. The summed E-state index contributed by atoms with van der Waals surface area (Å²) in [5.41, 5.74) is 1.09. The van der Waals surface area contributed by atoms with Crippen LogP contribution >= 0.6 is 11.6 Å².